The van der Waals surface area contributed by atoms with E-state index in [2.05, 4.69) is 0 Å². The molecule has 0 aromatic heterocycles. The molecule has 0 atom stereocenters. The van der Waals surface area contributed by atoms with E-state index in [4.69, 9.17) is 15.3 Å². The van der Waals surface area contributed by atoms with Gasteiger partial charge < -0.3 is 15.3 Å². The van der Waals surface area contributed by atoms with Crippen LogP contribution in [0.25, 0.3) is 0 Å². The summed E-state index contributed by atoms with van der Waals surface area (Å²) < 4.78 is 0. The summed E-state index contributed by atoms with van der Waals surface area (Å²) in [6, 6.07) is 4.32. The quantitative estimate of drug-likeness (QED) is 0.535. The Morgan fingerprint density at radius 1 is 1.10 bits per heavy atom. The molecule has 54 valence electrons. The van der Waals surface area contributed by atoms with E-state index in [0.717, 1.165) is 0 Å². The largest absolute Gasteiger partial charge is 0.507 e. The molecule has 1 rings (SSSR count). The van der Waals surface area contributed by atoms with Crippen LogP contribution >= 0.6 is 0 Å². The maximum Gasteiger partial charge on any atom is 0.124 e. The molecule has 0 unspecified atom stereocenters. The van der Waals surface area contributed by atoms with E-state index in [1.165, 1.54) is 18.2 Å². The first kappa shape index (κ1) is 6.89. The fourth-order valence-corrected chi connectivity index (χ4v) is 0.725. The second-order valence-electron chi connectivity index (χ2n) is 1.93. The van der Waals surface area contributed by atoms with Crippen molar-refractivity contribution in [2.45, 2.75) is 6.61 Å². The van der Waals surface area contributed by atoms with Gasteiger partial charge >= 0.3 is 0 Å². The van der Waals surface area contributed by atoms with Gasteiger partial charge in [0.2, 0.25) is 0 Å². The average Bonchev–Trinajstić information content (AvgIpc) is 1.88. The van der Waals surface area contributed by atoms with Gasteiger partial charge in [0, 0.05) is 0 Å². The van der Waals surface area contributed by atoms with Crippen LogP contribution in [-0.4, -0.2) is 15.3 Å². The normalized spacial score (nSPS) is 9.70. The van der Waals surface area contributed by atoms with Gasteiger partial charge in [-0.05, 0) is 12.1 Å². The van der Waals surface area contributed by atoms with Crippen molar-refractivity contribution in [1.82, 2.24) is 0 Å². The van der Waals surface area contributed by atoms with Crippen molar-refractivity contribution >= 4 is 0 Å². The van der Waals surface area contributed by atoms with E-state index in [-0.39, 0.29) is 23.7 Å². The highest BCUT2D eigenvalue weighted by molar-refractivity contribution is 5.42. The van der Waals surface area contributed by atoms with Crippen molar-refractivity contribution in [3.63, 3.8) is 0 Å². The first-order valence-corrected chi connectivity index (χ1v) is 2.86. The van der Waals surface area contributed by atoms with Crippen LogP contribution in [0, 0.1) is 0 Å². The minimum Gasteiger partial charge on any atom is -0.507 e. The van der Waals surface area contributed by atoms with Gasteiger partial charge in [0.1, 0.15) is 11.5 Å². The Labute approximate surface area is 58.2 Å². The second-order valence-corrected chi connectivity index (χ2v) is 1.93. The lowest BCUT2D eigenvalue weighted by atomic mass is 10.2. The van der Waals surface area contributed by atoms with Crippen LogP contribution in [-0.2, 0) is 6.61 Å². The summed E-state index contributed by atoms with van der Waals surface area (Å²) in [6.45, 7) is -0.349. The third kappa shape index (κ3) is 1.04. The maximum atomic E-state index is 8.97. The molecule has 3 heteroatoms. The molecule has 0 aliphatic heterocycles. The van der Waals surface area contributed by atoms with Crippen LogP contribution in [0.1, 0.15) is 5.56 Å². The highest BCUT2D eigenvalue weighted by Crippen LogP contribution is 2.25. The minimum absolute atomic E-state index is 0.0810. The Morgan fingerprint density at radius 3 is 1.90 bits per heavy atom. The molecule has 0 fully saturated rings. The number of hydrogen-bond acceptors (Lipinski definition) is 3. The minimum atomic E-state index is -0.349. The van der Waals surface area contributed by atoms with Gasteiger partial charge in [-0.3, -0.25) is 0 Å². The van der Waals surface area contributed by atoms with Crippen molar-refractivity contribution < 1.29 is 15.3 Å². The Bertz CT molecular complexity index is 212. The van der Waals surface area contributed by atoms with Crippen molar-refractivity contribution in [3.8, 4) is 11.5 Å². The highest BCUT2D eigenvalue weighted by Gasteiger charge is 2.02. The van der Waals surface area contributed by atoms with Crippen LogP contribution in [0.2, 0.25) is 0 Å². The monoisotopic (exact) mass is 140 g/mol. The van der Waals surface area contributed by atoms with E-state index in [0.29, 0.717) is 0 Å². The molecule has 3 N–H and O–H groups in total. The molecule has 0 heterocycles. The lowest BCUT2D eigenvalue weighted by Gasteiger charge is -2.01. The number of rotatable bonds is 1. The number of hydrogen-bond donors (Lipinski definition) is 3. The summed E-state index contributed by atoms with van der Waals surface area (Å²) in [4.78, 5) is 0. The van der Waals surface area contributed by atoms with E-state index < -0.39 is 0 Å². The summed E-state index contributed by atoms with van der Waals surface area (Å²) in [6.07, 6.45) is 0. The first-order valence-electron chi connectivity index (χ1n) is 2.86. The molecule has 0 saturated carbocycles. The number of aliphatic hydroxyl groups excluding tert-OH is 1. The van der Waals surface area contributed by atoms with Crippen molar-refractivity contribution in [2.75, 3.05) is 0 Å². The topological polar surface area (TPSA) is 60.7 Å². The molecule has 0 bridgehead atoms. The molecule has 1 aromatic carbocycles. The average molecular weight is 140 g/mol. The fourth-order valence-electron chi connectivity index (χ4n) is 0.725. The highest BCUT2D eigenvalue weighted by atomic mass is 16.3. The molecule has 10 heavy (non-hydrogen) atoms. The molecule has 1 aromatic rings. The molecule has 0 aliphatic carbocycles. The maximum absolute atomic E-state index is 8.97. The zero-order chi connectivity index (χ0) is 7.56. The van der Waals surface area contributed by atoms with Gasteiger partial charge in [-0.25, -0.2) is 0 Å². The van der Waals surface area contributed by atoms with Gasteiger partial charge in [-0.2, -0.15) is 0 Å². The van der Waals surface area contributed by atoms with Crippen molar-refractivity contribution in [3.05, 3.63) is 23.8 Å². The molecule has 0 aliphatic rings. The number of aliphatic hydroxyl groups is 1. The predicted octanol–water partition coefficient (Wildman–Crippen LogP) is 0.590. The van der Waals surface area contributed by atoms with E-state index >= 15 is 0 Å². The summed E-state index contributed by atoms with van der Waals surface area (Å²) >= 11 is 0. The smallest absolute Gasteiger partial charge is 0.124 e. The van der Waals surface area contributed by atoms with Crippen LogP contribution in [0.15, 0.2) is 18.2 Å². The Morgan fingerprint density at radius 2 is 1.60 bits per heavy atom. The Kier molecular flexibility index (Phi) is 1.78. The summed E-state index contributed by atoms with van der Waals surface area (Å²) in [5.74, 6) is -0.162. The van der Waals surface area contributed by atoms with E-state index in [1.54, 1.807) is 0 Å². The summed E-state index contributed by atoms with van der Waals surface area (Å²) in [7, 11) is 0. The van der Waals surface area contributed by atoms with Crippen LogP contribution in [0.3, 0.4) is 0 Å². The predicted molar refractivity (Wildman–Crippen MR) is 35.7 cm³/mol. The van der Waals surface area contributed by atoms with E-state index in [9.17, 15) is 0 Å². The Hall–Kier alpha value is -1.22. The molecule has 3 nitrogen and oxygen atoms in total. The fraction of sp³-hybridized carbons (Fsp3) is 0.143. The zero-order valence-electron chi connectivity index (χ0n) is 5.28. The molecule has 0 radical (unpaired) electrons. The number of phenols is 2. The van der Waals surface area contributed by atoms with E-state index in [1.807, 2.05) is 0 Å². The molecule has 0 saturated heterocycles. The van der Waals surface area contributed by atoms with Gasteiger partial charge in [0.25, 0.3) is 0 Å². The first-order chi connectivity index (χ1) is 4.75. The molecular formula is C7H8O3. The van der Waals surface area contributed by atoms with Gasteiger partial charge in [0.05, 0.1) is 12.2 Å². The third-order valence-electron chi connectivity index (χ3n) is 1.28. The molecule has 0 amide bonds. The third-order valence-corrected chi connectivity index (χ3v) is 1.28. The number of benzene rings is 1. The van der Waals surface area contributed by atoms with Gasteiger partial charge in [-0.1, -0.05) is 6.07 Å². The standard InChI is InChI=1S/C7H8O3/c8-4-5-6(9)2-1-3-7(5)10/h1-3,8-10H,4H2. The van der Waals surface area contributed by atoms with Gasteiger partial charge in [0.15, 0.2) is 0 Å². The second kappa shape index (κ2) is 2.58. The lowest BCUT2D eigenvalue weighted by molar-refractivity contribution is 0.268. The molecule has 0 spiro atoms. The van der Waals surface area contributed by atoms with Crippen molar-refractivity contribution in [1.29, 1.82) is 0 Å². The van der Waals surface area contributed by atoms with Crippen molar-refractivity contribution in [2.24, 2.45) is 0 Å². The zero-order valence-corrected chi connectivity index (χ0v) is 5.28. The summed E-state index contributed by atoms with van der Waals surface area (Å²) in [5.41, 5.74) is 0.169. The SMILES string of the molecule is OCc1c(O)cccc1O. The van der Waals surface area contributed by atoms with Crippen LogP contribution < -0.4 is 0 Å². The van der Waals surface area contributed by atoms with Gasteiger partial charge in [-0.15, -0.1) is 0 Å². The Balaban J connectivity index is 3.17. The van der Waals surface area contributed by atoms with Crippen LogP contribution in [0.4, 0.5) is 0 Å². The lowest BCUT2D eigenvalue weighted by Crippen LogP contribution is -1.83. The summed E-state index contributed by atoms with van der Waals surface area (Å²) in [5, 5.41) is 26.5. The van der Waals surface area contributed by atoms with Crippen LogP contribution in [0.5, 0.6) is 11.5 Å². The number of aromatic hydroxyl groups is 2. The molecular weight excluding hydrogens is 132 g/mol.